The van der Waals surface area contributed by atoms with Crippen LogP contribution in [0.1, 0.15) is 43.2 Å². The van der Waals surface area contributed by atoms with Crippen molar-refractivity contribution in [3.63, 3.8) is 0 Å². The molecule has 0 atom stereocenters. The minimum absolute atomic E-state index is 0.433. The molecule has 0 heterocycles. The lowest BCUT2D eigenvalue weighted by atomic mass is 9.91. The van der Waals surface area contributed by atoms with Crippen LogP contribution in [0, 0.1) is 13.8 Å². The van der Waals surface area contributed by atoms with Gasteiger partial charge in [-0.1, -0.05) is 6.07 Å². The summed E-state index contributed by atoms with van der Waals surface area (Å²) in [6, 6.07) is 7.47. The van der Waals surface area contributed by atoms with Crippen LogP contribution in [0.25, 0.3) is 0 Å². The highest BCUT2D eigenvalue weighted by Crippen LogP contribution is 2.21. The summed E-state index contributed by atoms with van der Waals surface area (Å²) in [4.78, 5) is 2.48. The number of aryl methyl sites for hydroxylation is 2. The van der Waals surface area contributed by atoms with Gasteiger partial charge in [-0.3, -0.25) is 0 Å². The van der Waals surface area contributed by atoms with Crippen LogP contribution in [0.2, 0.25) is 0 Å². The van der Waals surface area contributed by atoms with Crippen molar-refractivity contribution in [2.75, 3.05) is 20.2 Å². The van der Waals surface area contributed by atoms with E-state index < -0.39 is 0 Å². The Hall–Kier alpha value is -1.06. The topological polar surface area (TPSA) is 38.5 Å². The number of hydrogen-bond donors (Lipinski definition) is 1. The Kier molecular flexibility index (Phi) is 6.07. The standard InChI is InChI=1S/C18H30N2O/c1-14-5-10-18(13-15(14)2)21-12-4-11-20(3)17-8-6-16(19)7-9-17/h5,10,13,16-17H,4,6-9,11-12,19H2,1-3H3. The molecule has 1 aromatic rings. The summed E-state index contributed by atoms with van der Waals surface area (Å²) < 4.78 is 5.85. The molecule has 1 fully saturated rings. The third-order valence-corrected chi connectivity index (χ3v) is 4.77. The zero-order valence-corrected chi connectivity index (χ0v) is 13.8. The lowest BCUT2D eigenvalue weighted by molar-refractivity contribution is 0.170. The van der Waals surface area contributed by atoms with Crippen LogP contribution in [-0.4, -0.2) is 37.2 Å². The summed E-state index contributed by atoms with van der Waals surface area (Å²) in [5.74, 6) is 0.990. The maximum atomic E-state index is 5.97. The van der Waals surface area contributed by atoms with Gasteiger partial charge in [0.25, 0.3) is 0 Å². The molecule has 0 unspecified atom stereocenters. The second kappa shape index (κ2) is 7.81. The highest BCUT2D eigenvalue weighted by Gasteiger charge is 2.21. The third-order valence-electron chi connectivity index (χ3n) is 4.77. The monoisotopic (exact) mass is 290 g/mol. The molecule has 1 saturated carbocycles. The molecule has 2 N–H and O–H groups in total. The van der Waals surface area contributed by atoms with Crippen LogP contribution in [0.4, 0.5) is 0 Å². The molecule has 118 valence electrons. The molecule has 2 rings (SSSR count). The second-order valence-corrected chi connectivity index (χ2v) is 6.50. The molecule has 0 saturated heterocycles. The molecule has 3 heteroatoms. The van der Waals surface area contributed by atoms with E-state index in [1.54, 1.807) is 0 Å². The average Bonchev–Trinajstić information content (AvgIpc) is 2.47. The zero-order chi connectivity index (χ0) is 15.2. The molecule has 3 nitrogen and oxygen atoms in total. The second-order valence-electron chi connectivity index (χ2n) is 6.50. The van der Waals surface area contributed by atoms with Gasteiger partial charge < -0.3 is 15.4 Å². The fourth-order valence-electron chi connectivity index (χ4n) is 3.03. The minimum Gasteiger partial charge on any atom is -0.494 e. The first-order valence-corrected chi connectivity index (χ1v) is 8.22. The molecule has 0 spiro atoms. The first-order valence-electron chi connectivity index (χ1n) is 8.22. The molecule has 0 radical (unpaired) electrons. The maximum Gasteiger partial charge on any atom is 0.119 e. The van der Waals surface area contributed by atoms with Crippen LogP contribution >= 0.6 is 0 Å². The van der Waals surface area contributed by atoms with Gasteiger partial charge in [0.05, 0.1) is 6.61 Å². The van der Waals surface area contributed by atoms with Crippen LogP contribution < -0.4 is 10.5 Å². The van der Waals surface area contributed by atoms with Gasteiger partial charge in [-0.2, -0.15) is 0 Å². The number of hydrogen-bond acceptors (Lipinski definition) is 3. The first-order chi connectivity index (χ1) is 10.1. The molecule has 1 aromatic carbocycles. The van der Waals surface area contributed by atoms with Gasteiger partial charge in [0.2, 0.25) is 0 Å². The van der Waals surface area contributed by atoms with Crippen LogP contribution in [0.15, 0.2) is 18.2 Å². The Morgan fingerprint density at radius 1 is 1.14 bits per heavy atom. The number of ether oxygens (including phenoxy) is 1. The predicted molar refractivity (Wildman–Crippen MR) is 88.9 cm³/mol. The van der Waals surface area contributed by atoms with Crippen molar-refractivity contribution in [3.8, 4) is 5.75 Å². The Morgan fingerprint density at radius 3 is 2.52 bits per heavy atom. The van der Waals surface area contributed by atoms with Crippen molar-refractivity contribution in [2.24, 2.45) is 5.73 Å². The third kappa shape index (κ3) is 5.01. The number of nitrogens with two attached hydrogens (primary N) is 1. The summed E-state index contributed by atoms with van der Waals surface area (Å²) in [6.07, 6.45) is 5.92. The summed E-state index contributed by atoms with van der Waals surface area (Å²) >= 11 is 0. The van der Waals surface area contributed by atoms with Crippen molar-refractivity contribution in [2.45, 2.75) is 58.0 Å². The molecule has 0 aliphatic heterocycles. The van der Waals surface area contributed by atoms with E-state index in [0.29, 0.717) is 12.1 Å². The quantitative estimate of drug-likeness (QED) is 0.817. The van der Waals surface area contributed by atoms with Crippen molar-refractivity contribution >= 4 is 0 Å². The van der Waals surface area contributed by atoms with Gasteiger partial charge in [0.1, 0.15) is 5.75 Å². The van der Waals surface area contributed by atoms with E-state index in [9.17, 15) is 0 Å². The Labute approximate surface area is 129 Å². The zero-order valence-electron chi connectivity index (χ0n) is 13.8. The summed E-state index contributed by atoms with van der Waals surface area (Å²) in [5, 5.41) is 0. The van der Waals surface area contributed by atoms with Gasteiger partial charge in [0, 0.05) is 18.6 Å². The maximum absolute atomic E-state index is 5.97. The fourth-order valence-corrected chi connectivity index (χ4v) is 3.03. The normalized spacial score (nSPS) is 22.5. The van der Waals surface area contributed by atoms with Gasteiger partial charge >= 0.3 is 0 Å². The van der Waals surface area contributed by atoms with E-state index in [4.69, 9.17) is 10.5 Å². The SMILES string of the molecule is Cc1ccc(OCCCN(C)C2CCC(N)CC2)cc1C. The number of benzene rings is 1. The van der Waals surface area contributed by atoms with E-state index in [-0.39, 0.29) is 0 Å². The van der Waals surface area contributed by atoms with E-state index in [2.05, 4.69) is 44.0 Å². The average molecular weight is 290 g/mol. The Balaban J connectivity index is 1.66. The number of rotatable bonds is 6. The molecule has 1 aliphatic carbocycles. The van der Waals surface area contributed by atoms with Crippen LogP contribution in [0.3, 0.4) is 0 Å². The van der Waals surface area contributed by atoms with Gasteiger partial charge in [-0.25, -0.2) is 0 Å². The first kappa shape index (κ1) is 16.3. The largest absolute Gasteiger partial charge is 0.494 e. The number of nitrogens with zero attached hydrogens (tertiary/aromatic N) is 1. The van der Waals surface area contributed by atoms with Crippen molar-refractivity contribution in [1.82, 2.24) is 4.90 Å². The van der Waals surface area contributed by atoms with Crippen molar-refractivity contribution in [3.05, 3.63) is 29.3 Å². The minimum atomic E-state index is 0.433. The highest BCUT2D eigenvalue weighted by atomic mass is 16.5. The smallest absolute Gasteiger partial charge is 0.119 e. The van der Waals surface area contributed by atoms with Crippen molar-refractivity contribution < 1.29 is 4.74 Å². The van der Waals surface area contributed by atoms with Crippen LogP contribution in [0.5, 0.6) is 5.75 Å². The van der Waals surface area contributed by atoms with Gasteiger partial charge in [-0.05, 0) is 76.3 Å². The van der Waals surface area contributed by atoms with Gasteiger partial charge in [-0.15, -0.1) is 0 Å². The molecular weight excluding hydrogens is 260 g/mol. The molecule has 21 heavy (non-hydrogen) atoms. The summed E-state index contributed by atoms with van der Waals surface area (Å²) in [5.41, 5.74) is 8.58. The predicted octanol–water partition coefficient (Wildman–Crippen LogP) is 3.27. The summed E-state index contributed by atoms with van der Waals surface area (Å²) in [6.45, 7) is 6.15. The lowest BCUT2D eigenvalue weighted by Crippen LogP contribution is -2.39. The van der Waals surface area contributed by atoms with Crippen molar-refractivity contribution in [1.29, 1.82) is 0 Å². The van der Waals surface area contributed by atoms with E-state index in [0.717, 1.165) is 25.3 Å². The molecule has 1 aliphatic rings. The molecule has 0 aromatic heterocycles. The van der Waals surface area contributed by atoms with Crippen LogP contribution in [-0.2, 0) is 0 Å². The fraction of sp³-hybridized carbons (Fsp3) is 0.667. The highest BCUT2D eigenvalue weighted by molar-refractivity contribution is 5.33. The van der Waals surface area contributed by atoms with E-state index in [1.807, 2.05) is 0 Å². The lowest BCUT2D eigenvalue weighted by Gasteiger charge is -2.33. The summed E-state index contributed by atoms with van der Waals surface area (Å²) in [7, 11) is 2.23. The molecule has 0 bridgehead atoms. The van der Waals surface area contributed by atoms with E-state index in [1.165, 1.54) is 36.8 Å². The van der Waals surface area contributed by atoms with E-state index >= 15 is 0 Å². The van der Waals surface area contributed by atoms with Gasteiger partial charge in [0.15, 0.2) is 0 Å². The molecular formula is C18H30N2O. The molecule has 0 amide bonds. The Bertz CT molecular complexity index is 439. The Morgan fingerprint density at radius 2 is 1.86 bits per heavy atom.